The summed E-state index contributed by atoms with van der Waals surface area (Å²) in [5, 5.41) is 0.770. The first kappa shape index (κ1) is 12.5. The van der Waals surface area contributed by atoms with Gasteiger partial charge in [-0.05, 0) is 24.3 Å². The average molecular weight is 270 g/mol. The summed E-state index contributed by atoms with van der Waals surface area (Å²) in [6.45, 7) is 2.12. The zero-order valence-corrected chi connectivity index (χ0v) is 10.9. The maximum atomic E-state index is 11.8. The molecule has 0 bridgehead atoms. The summed E-state index contributed by atoms with van der Waals surface area (Å²) < 4.78 is 0. The van der Waals surface area contributed by atoms with E-state index in [1.807, 2.05) is 12.1 Å². The van der Waals surface area contributed by atoms with Crippen molar-refractivity contribution in [1.29, 1.82) is 0 Å². The Labute approximate surface area is 109 Å². The summed E-state index contributed by atoms with van der Waals surface area (Å²) in [7, 11) is 0. The molecule has 2 rings (SSSR count). The highest BCUT2D eigenvalue weighted by molar-refractivity contribution is 8.14. The van der Waals surface area contributed by atoms with Crippen molar-refractivity contribution in [3.05, 3.63) is 29.3 Å². The molecule has 1 unspecified atom stereocenters. The van der Waals surface area contributed by atoms with Crippen LogP contribution in [0.1, 0.15) is 13.3 Å². The summed E-state index contributed by atoms with van der Waals surface area (Å²) >= 11 is 7.04. The average Bonchev–Trinajstić information content (AvgIpc) is 2.59. The Morgan fingerprint density at radius 1 is 1.41 bits per heavy atom. The highest BCUT2D eigenvalue weighted by Gasteiger charge is 2.31. The van der Waals surface area contributed by atoms with Crippen molar-refractivity contribution < 1.29 is 9.59 Å². The number of hydrogen-bond acceptors (Lipinski definition) is 3. The SMILES string of the molecule is CC(=O)SC1CC(=O)N(c2ccc(Cl)cc2)C1. The van der Waals surface area contributed by atoms with E-state index in [4.69, 9.17) is 11.6 Å². The number of halogens is 1. The lowest BCUT2D eigenvalue weighted by Crippen LogP contribution is -2.24. The molecule has 0 spiro atoms. The first-order valence-corrected chi connectivity index (χ1v) is 6.55. The number of amides is 1. The molecule has 1 aromatic carbocycles. The lowest BCUT2D eigenvalue weighted by molar-refractivity contribution is -0.117. The molecular formula is C12H12ClNO2S. The predicted molar refractivity (Wildman–Crippen MR) is 70.5 cm³/mol. The van der Waals surface area contributed by atoms with Gasteiger partial charge in [-0.15, -0.1) is 0 Å². The standard InChI is InChI=1S/C12H12ClNO2S/c1-8(15)17-11-6-12(16)14(7-11)10-4-2-9(13)3-5-10/h2-5,11H,6-7H2,1H3. The van der Waals surface area contributed by atoms with Crippen molar-refractivity contribution >= 4 is 40.1 Å². The molecule has 0 saturated carbocycles. The Hall–Kier alpha value is -1.00. The van der Waals surface area contributed by atoms with Gasteiger partial charge in [-0.2, -0.15) is 0 Å². The molecule has 1 aliphatic rings. The zero-order chi connectivity index (χ0) is 12.4. The van der Waals surface area contributed by atoms with E-state index in [0.29, 0.717) is 18.0 Å². The molecule has 17 heavy (non-hydrogen) atoms. The van der Waals surface area contributed by atoms with Crippen LogP contribution in [0.4, 0.5) is 5.69 Å². The van der Waals surface area contributed by atoms with E-state index < -0.39 is 0 Å². The normalized spacial score (nSPS) is 19.8. The molecule has 1 amide bonds. The van der Waals surface area contributed by atoms with E-state index in [0.717, 1.165) is 5.69 Å². The van der Waals surface area contributed by atoms with Crippen LogP contribution in [-0.2, 0) is 9.59 Å². The number of rotatable bonds is 2. The number of hydrogen-bond donors (Lipinski definition) is 0. The van der Waals surface area contributed by atoms with Crippen LogP contribution in [0.15, 0.2) is 24.3 Å². The number of nitrogens with zero attached hydrogens (tertiary/aromatic N) is 1. The Bertz CT molecular complexity index is 446. The van der Waals surface area contributed by atoms with Gasteiger partial charge in [0.1, 0.15) is 0 Å². The van der Waals surface area contributed by atoms with Gasteiger partial charge in [0.2, 0.25) is 5.91 Å². The van der Waals surface area contributed by atoms with Gasteiger partial charge in [-0.3, -0.25) is 9.59 Å². The van der Waals surface area contributed by atoms with E-state index in [2.05, 4.69) is 0 Å². The van der Waals surface area contributed by atoms with Crippen LogP contribution < -0.4 is 4.90 Å². The fraction of sp³-hybridized carbons (Fsp3) is 0.333. The fourth-order valence-corrected chi connectivity index (χ4v) is 2.90. The first-order valence-electron chi connectivity index (χ1n) is 5.29. The lowest BCUT2D eigenvalue weighted by atomic mass is 10.3. The van der Waals surface area contributed by atoms with Crippen LogP contribution in [0.25, 0.3) is 0 Å². The van der Waals surface area contributed by atoms with Crippen molar-refractivity contribution in [2.24, 2.45) is 0 Å². The molecule has 0 N–H and O–H groups in total. The summed E-state index contributed by atoms with van der Waals surface area (Å²) in [6.07, 6.45) is 0.423. The van der Waals surface area contributed by atoms with Crippen LogP contribution in [0.3, 0.4) is 0 Å². The third kappa shape index (κ3) is 3.01. The quantitative estimate of drug-likeness (QED) is 0.828. The highest BCUT2D eigenvalue weighted by atomic mass is 35.5. The Kier molecular flexibility index (Phi) is 3.74. The fourth-order valence-electron chi connectivity index (χ4n) is 1.86. The topological polar surface area (TPSA) is 37.4 Å². The van der Waals surface area contributed by atoms with Gasteiger partial charge in [0.25, 0.3) is 0 Å². The van der Waals surface area contributed by atoms with Crippen LogP contribution in [0.5, 0.6) is 0 Å². The summed E-state index contributed by atoms with van der Waals surface area (Å²) in [6, 6.07) is 7.16. The van der Waals surface area contributed by atoms with E-state index in [1.165, 1.54) is 18.7 Å². The Morgan fingerprint density at radius 2 is 2.06 bits per heavy atom. The molecule has 1 aliphatic heterocycles. The van der Waals surface area contributed by atoms with E-state index in [1.54, 1.807) is 17.0 Å². The molecule has 1 atom stereocenters. The second-order valence-electron chi connectivity index (χ2n) is 3.92. The van der Waals surface area contributed by atoms with Crippen LogP contribution in [0.2, 0.25) is 5.02 Å². The molecule has 0 radical (unpaired) electrons. The van der Waals surface area contributed by atoms with Gasteiger partial charge in [-0.1, -0.05) is 23.4 Å². The molecule has 1 heterocycles. The molecule has 5 heteroatoms. The van der Waals surface area contributed by atoms with Gasteiger partial charge < -0.3 is 4.90 Å². The Balaban J connectivity index is 2.10. The van der Waals surface area contributed by atoms with E-state index in [-0.39, 0.29) is 16.3 Å². The van der Waals surface area contributed by atoms with Gasteiger partial charge in [0.15, 0.2) is 5.12 Å². The lowest BCUT2D eigenvalue weighted by Gasteiger charge is -2.16. The van der Waals surface area contributed by atoms with Crippen molar-refractivity contribution in [1.82, 2.24) is 0 Å². The Morgan fingerprint density at radius 3 is 2.65 bits per heavy atom. The second-order valence-corrected chi connectivity index (χ2v) is 5.83. The highest BCUT2D eigenvalue weighted by Crippen LogP contribution is 2.29. The van der Waals surface area contributed by atoms with Crippen molar-refractivity contribution in [3.8, 4) is 0 Å². The monoisotopic (exact) mass is 269 g/mol. The molecule has 3 nitrogen and oxygen atoms in total. The summed E-state index contributed by atoms with van der Waals surface area (Å²) in [5.41, 5.74) is 0.839. The maximum absolute atomic E-state index is 11.8. The zero-order valence-electron chi connectivity index (χ0n) is 9.35. The van der Waals surface area contributed by atoms with Crippen LogP contribution in [-0.4, -0.2) is 22.8 Å². The predicted octanol–water partition coefficient (Wildman–Crippen LogP) is 2.73. The molecule has 1 fully saturated rings. The molecular weight excluding hydrogens is 258 g/mol. The second kappa shape index (κ2) is 5.10. The molecule has 90 valence electrons. The third-order valence-electron chi connectivity index (χ3n) is 2.56. The minimum Gasteiger partial charge on any atom is -0.311 e. The van der Waals surface area contributed by atoms with Crippen LogP contribution in [0, 0.1) is 0 Å². The third-order valence-corrected chi connectivity index (χ3v) is 3.79. The van der Waals surface area contributed by atoms with Gasteiger partial charge in [-0.25, -0.2) is 0 Å². The number of carbonyl (C=O) groups is 2. The number of benzene rings is 1. The summed E-state index contributed by atoms with van der Waals surface area (Å²) in [5.74, 6) is 0.0612. The van der Waals surface area contributed by atoms with Crippen LogP contribution >= 0.6 is 23.4 Å². The van der Waals surface area contributed by atoms with Crippen molar-refractivity contribution in [3.63, 3.8) is 0 Å². The largest absolute Gasteiger partial charge is 0.311 e. The van der Waals surface area contributed by atoms with Crippen molar-refractivity contribution in [2.75, 3.05) is 11.4 Å². The number of anilines is 1. The smallest absolute Gasteiger partial charge is 0.228 e. The van der Waals surface area contributed by atoms with E-state index >= 15 is 0 Å². The summed E-state index contributed by atoms with van der Waals surface area (Å²) in [4.78, 5) is 24.5. The molecule has 1 aromatic rings. The van der Waals surface area contributed by atoms with Gasteiger partial charge in [0.05, 0.1) is 0 Å². The maximum Gasteiger partial charge on any atom is 0.228 e. The minimum absolute atomic E-state index is 0.0563. The van der Waals surface area contributed by atoms with Crippen molar-refractivity contribution in [2.45, 2.75) is 18.6 Å². The van der Waals surface area contributed by atoms with Gasteiger partial charge in [0, 0.05) is 35.8 Å². The van der Waals surface area contributed by atoms with E-state index in [9.17, 15) is 9.59 Å². The minimum atomic E-state index is 0.0563. The van der Waals surface area contributed by atoms with Gasteiger partial charge >= 0.3 is 0 Å². The number of carbonyl (C=O) groups excluding carboxylic acids is 2. The number of thioether (sulfide) groups is 1. The molecule has 0 aliphatic carbocycles. The molecule has 1 saturated heterocycles. The first-order chi connectivity index (χ1) is 8.06. The molecule has 0 aromatic heterocycles.